The van der Waals surface area contributed by atoms with Crippen LogP contribution in [0.2, 0.25) is 0 Å². The summed E-state index contributed by atoms with van der Waals surface area (Å²) in [5, 5.41) is 3.02. The third kappa shape index (κ3) is 3.93. The Morgan fingerprint density at radius 3 is 2.74 bits per heavy atom. The summed E-state index contributed by atoms with van der Waals surface area (Å²) in [4.78, 5) is 19.2. The van der Waals surface area contributed by atoms with Crippen molar-refractivity contribution >= 4 is 16.9 Å². The van der Waals surface area contributed by atoms with Crippen LogP contribution >= 0.6 is 0 Å². The van der Waals surface area contributed by atoms with Crippen LogP contribution in [-0.4, -0.2) is 46.5 Å². The molecule has 0 fully saturated rings. The molecule has 2 heterocycles. The molecule has 5 nitrogen and oxygen atoms in total. The van der Waals surface area contributed by atoms with Gasteiger partial charge >= 0.3 is 0 Å². The molecule has 138 valence electrons. The van der Waals surface area contributed by atoms with Crippen LogP contribution in [0.1, 0.15) is 23.7 Å². The number of para-hydroxylation sites is 2. The van der Waals surface area contributed by atoms with E-state index in [0.717, 1.165) is 42.8 Å². The van der Waals surface area contributed by atoms with Gasteiger partial charge in [-0.15, -0.1) is 0 Å². The van der Waals surface area contributed by atoms with Crippen molar-refractivity contribution in [2.24, 2.45) is 0 Å². The summed E-state index contributed by atoms with van der Waals surface area (Å²) in [6.07, 6.45) is 5.21. The van der Waals surface area contributed by atoms with Gasteiger partial charge in [0.25, 0.3) is 5.91 Å². The number of rotatable bonds is 5. The van der Waals surface area contributed by atoms with Crippen LogP contribution < -0.4 is 5.32 Å². The Bertz CT molecular complexity index is 971. The van der Waals surface area contributed by atoms with Crippen molar-refractivity contribution in [2.75, 3.05) is 26.2 Å². The Labute approximate surface area is 159 Å². The molecule has 1 aromatic heterocycles. The summed E-state index contributed by atoms with van der Waals surface area (Å²) in [5.41, 5.74) is 5.15. The van der Waals surface area contributed by atoms with E-state index < -0.39 is 0 Å². The summed E-state index contributed by atoms with van der Waals surface area (Å²) in [7, 11) is 0. The molecule has 0 saturated heterocycles. The molecule has 4 rings (SSSR count). The smallest absolute Gasteiger partial charge is 0.251 e. The average molecular weight is 360 g/mol. The quantitative estimate of drug-likeness (QED) is 0.710. The lowest BCUT2D eigenvalue weighted by Gasteiger charge is -2.25. The highest BCUT2D eigenvalue weighted by Gasteiger charge is 2.11. The summed E-state index contributed by atoms with van der Waals surface area (Å²) >= 11 is 0. The Hall–Kier alpha value is -2.92. The van der Waals surface area contributed by atoms with E-state index >= 15 is 0 Å². The zero-order valence-electron chi connectivity index (χ0n) is 15.6. The fourth-order valence-electron chi connectivity index (χ4n) is 3.38. The van der Waals surface area contributed by atoms with Gasteiger partial charge in [-0.2, -0.15) is 0 Å². The molecule has 2 aromatic carbocycles. The first kappa shape index (κ1) is 17.5. The van der Waals surface area contributed by atoms with Crippen molar-refractivity contribution in [1.29, 1.82) is 0 Å². The standard InChI is InChI=1S/C22H24N4O/c1-17-10-13-25(14-11-17)15-12-23-22(27)18-6-8-19(9-7-18)26-16-24-20-4-2-3-5-21(20)26/h2-10,16H,11-15H2,1H3,(H,23,27). The van der Waals surface area contributed by atoms with Crippen LogP contribution in [0.5, 0.6) is 0 Å². The molecule has 1 amide bonds. The van der Waals surface area contributed by atoms with E-state index in [0.29, 0.717) is 12.1 Å². The Kier molecular flexibility index (Phi) is 5.03. The number of benzene rings is 2. The van der Waals surface area contributed by atoms with Gasteiger partial charge in [0.15, 0.2) is 0 Å². The van der Waals surface area contributed by atoms with Gasteiger partial charge in [-0.05, 0) is 49.7 Å². The minimum atomic E-state index is -0.0271. The van der Waals surface area contributed by atoms with Gasteiger partial charge in [0, 0.05) is 37.4 Å². The highest BCUT2D eigenvalue weighted by Crippen LogP contribution is 2.18. The number of aromatic nitrogens is 2. The summed E-state index contributed by atoms with van der Waals surface area (Å²) in [6.45, 7) is 5.78. The van der Waals surface area contributed by atoms with Crippen molar-refractivity contribution < 1.29 is 4.79 Å². The van der Waals surface area contributed by atoms with Crippen LogP contribution in [0.4, 0.5) is 0 Å². The van der Waals surface area contributed by atoms with Crippen LogP contribution in [0.25, 0.3) is 16.7 Å². The lowest BCUT2D eigenvalue weighted by Crippen LogP contribution is -2.37. The fraction of sp³-hybridized carbons (Fsp3) is 0.273. The van der Waals surface area contributed by atoms with Gasteiger partial charge in [0.05, 0.1) is 11.0 Å². The molecule has 0 saturated carbocycles. The lowest BCUT2D eigenvalue weighted by molar-refractivity contribution is 0.0949. The Balaban J connectivity index is 1.36. The van der Waals surface area contributed by atoms with Crippen molar-refractivity contribution in [1.82, 2.24) is 19.8 Å². The van der Waals surface area contributed by atoms with Crippen LogP contribution in [0.15, 0.2) is 66.5 Å². The van der Waals surface area contributed by atoms with E-state index in [1.807, 2.05) is 59.4 Å². The molecule has 27 heavy (non-hydrogen) atoms. The zero-order chi connectivity index (χ0) is 18.6. The van der Waals surface area contributed by atoms with Gasteiger partial charge in [0.1, 0.15) is 6.33 Å². The molecule has 1 N–H and O–H groups in total. The van der Waals surface area contributed by atoms with Crippen LogP contribution in [-0.2, 0) is 0 Å². The molecule has 3 aromatic rings. The molecule has 0 radical (unpaired) electrons. The molecule has 0 unspecified atom stereocenters. The number of carbonyl (C=O) groups excluding carboxylic acids is 1. The Morgan fingerprint density at radius 2 is 1.96 bits per heavy atom. The number of imidazole rings is 1. The molecule has 0 atom stereocenters. The van der Waals surface area contributed by atoms with Crippen molar-refractivity contribution in [3.63, 3.8) is 0 Å². The maximum atomic E-state index is 12.4. The molecule has 0 spiro atoms. The molecule has 0 bridgehead atoms. The fourth-order valence-corrected chi connectivity index (χ4v) is 3.38. The predicted molar refractivity (Wildman–Crippen MR) is 108 cm³/mol. The van der Waals surface area contributed by atoms with Crippen molar-refractivity contribution in [3.8, 4) is 5.69 Å². The number of amides is 1. The summed E-state index contributed by atoms with van der Waals surface area (Å²) < 4.78 is 2.03. The van der Waals surface area contributed by atoms with Gasteiger partial charge < -0.3 is 5.32 Å². The van der Waals surface area contributed by atoms with E-state index in [4.69, 9.17) is 0 Å². The van der Waals surface area contributed by atoms with Crippen LogP contribution in [0.3, 0.4) is 0 Å². The molecular weight excluding hydrogens is 336 g/mol. The van der Waals surface area contributed by atoms with E-state index in [1.165, 1.54) is 5.57 Å². The van der Waals surface area contributed by atoms with Crippen molar-refractivity contribution in [2.45, 2.75) is 13.3 Å². The van der Waals surface area contributed by atoms with Gasteiger partial charge in [-0.3, -0.25) is 14.3 Å². The van der Waals surface area contributed by atoms with E-state index in [9.17, 15) is 4.79 Å². The number of carbonyl (C=O) groups is 1. The molecule has 1 aliphatic heterocycles. The first-order valence-electron chi connectivity index (χ1n) is 9.39. The topological polar surface area (TPSA) is 50.2 Å². The second-order valence-corrected chi connectivity index (χ2v) is 7.01. The minimum Gasteiger partial charge on any atom is -0.351 e. The van der Waals surface area contributed by atoms with Gasteiger partial charge in [-0.1, -0.05) is 23.8 Å². The van der Waals surface area contributed by atoms with Crippen LogP contribution in [0, 0.1) is 0 Å². The normalized spacial score (nSPS) is 14.9. The lowest BCUT2D eigenvalue weighted by atomic mass is 10.1. The summed E-state index contributed by atoms with van der Waals surface area (Å²) in [6, 6.07) is 15.7. The van der Waals surface area contributed by atoms with Gasteiger partial charge in [-0.25, -0.2) is 4.98 Å². The monoisotopic (exact) mass is 360 g/mol. The Morgan fingerprint density at radius 1 is 1.15 bits per heavy atom. The predicted octanol–water partition coefficient (Wildman–Crippen LogP) is 3.41. The number of nitrogens with one attached hydrogen (secondary N) is 1. The first-order chi connectivity index (χ1) is 13.2. The van der Waals surface area contributed by atoms with E-state index in [-0.39, 0.29) is 5.91 Å². The molecule has 1 aliphatic rings. The molecule has 0 aliphatic carbocycles. The third-order valence-corrected chi connectivity index (χ3v) is 5.10. The second-order valence-electron chi connectivity index (χ2n) is 7.01. The highest BCUT2D eigenvalue weighted by atomic mass is 16.1. The van der Waals surface area contributed by atoms with Crippen molar-refractivity contribution in [3.05, 3.63) is 72.1 Å². The SMILES string of the molecule is CC1=CCN(CCNC(=O)c2ccc(-n3cnc4ccccc43)cc2)CC1. The largest absolute Gasteiger partial charge is 0.351 e. The minimum absolute atomic E-state index is 0.0271. The van der Waals surface area contributed by atoms with E-state index in [2.05, 4.69) is 28.2 Å². The average Bonchev–Trinajstić information content (AvgIpc) is 3.14. The number of hydrogen-bond acceptors (Lipinski definition) is 3. The molecular formula is C22H24N4O. The maximum absolute atomic E-state index is 12.4. The second kappa shape index (κ2) is 7.76. The maximum Gasteiger partial charge on any atom is 0.251 e. The third-order valence-electron chi connectivity index (χ3n) is 5.10. The van der Waals surface area contributed by atoms with Gasteiger partial charge in [0.2, 0.25) is 0 Å². The zero-order valence-corrected chi connectivity index (χ0v) is 15.6. The molecule has 5 heteroatoms. The number of nitrogens with zero attached hydrogens (tertiary/aromatic N) is 3. The highest BCUT2D eigenvalue weighted by molar-refractivity contribution is 5.94. The summed E-state index contributed by atoms with van der Waals surface area (Å²) in [5.74, 6) is -0.0271. The number of fused-ring (bicyclic) bond motifs is 1. The first-order valence-corrected chi connectivity index (χ1v) is 9.39. The number of hydrogen-bond donors (Lipinski definition) is 1. The van der Waals surface area contributed by atoms with E-state index in [1.54, 1.807) is 0 Å².